The van der Waals surface area contributed by atoms with Gasteiger partial charge in [0.25, 0.3) is 0 Å². The Balaban J connectivity index is 1.59. The summed E-state index contributed by atoms with van der Waals surface area (Å²) in [5, 5.41) is 0. The van der Waals surface area contributed by atoms with Crippen molar-refractivity contribution in [2.24, 2.45) is 5.92 Å². The van der Waals surface area contributed by atoms with E-state index in [0.29, 0.717) is 24.1 Å². The Bertz CT molecular complexity index is 717. The second-order valence-electron chi connectivity index (χ2n) is 6.25. The van der Waals surface area contributed by atoms with Crippen molar-refractivity contribution in [2.45, 2.75) is 26.4 Å². The lowest BCUT2D eigenvalue weighted by atomic mass is 10.0. The van der Waals surface area contributed by atoms with Gasteiger partial charge in [0.15, 0.2) is 5.65 Å². The Morgan fingerprint density at radius 2 is 2.00 bits per heavy atom. The predicted molar refractivity (Wildman–Crippen MR) is 85.5 cm³/mol. The van der Waals surface area contributed by atoms with Crippen LogP contribution in [0.15, 0.2) is 6.20 Å². The largest absolute Gasteiger partial charge is 0.381 e. The van der Waals surface area contributed by atoms with Crippen LogP contribution in [0, 0.1) is 19.8 Å². The predicted octanol–water partition coefficient (Wildman–Crippen LogP) is 1.28. The van der Waals surface area contributed by atoms with Crippen molar-refractivity contribution in [1.29, 1.82) is 0 Å². The molecule has 2 aromatic heterocycles. The van der Waals surface area contributed by atoms with Crippen molar-refractivity contribution in [2.75, 3.05) is 37.8 Å². The number of aryl methyl sites for hydroxylation is 2. The van der Waals surface area contributed by atoms with E-state index in [1.165, 1.54) is 0 Å². The van der Waals surface area contributed by atoms with Gasteiger partial charge in [0.05, 0.1) is 36.9 Å². The summed E-state index contributed by atoms with van der Waals surface area (Å²) in [6.45, 7) is 7.83. The number of hydrogen-bond donors (Lipinski definition) is 0. The van der Waals surface area contributed by atoms with Gasteiger partial charge in [-0.1, -0.05) is 0 Å². The van der Waals surface area contributed by atoms with Crippen molar-refractivity contribution in [3.05, 3.63) is 17.6 Å². The summed E-state index contributed by atoms with van der Waals surface area (Å²) in [5.74, 6) is 1.19. The van der Waals surface area contributed by atoms with E-state index in [1.807, 2.05) is 13.8 Å². The molecule has 2 atom stereocenters. The van der Waals surface area contributed by atoms with Gasteiger partial charge in [-0.3, -0.25) is 0 Å². The number of fused-ring (bicyclic) bond motifs is 1. The van der Waals surface area contributed by atoms with E-state index in [4.69, 9.17) is 9.47 Å². The van der Waals surface area contributed by atoms with E-state index >= 15 is 0 Å². The van der Waals surface area contributed by atoms with E-state index in [9.17, 15) is 0 Å². The Kier molecular flexibility index (Phi) is 3.82. The molecule has 0 saturated carbocycles. The molecule has 0 N–H and O–H groups in total. The molecular formula is C16H21N5O2. The third kappa shape index (κ3) is 2.86. The van der Waals surface area contributed by atoms with E-state index in [1.54, 1.807) is 6.20 Å². The molecule has 0 aromatic carbocycles. The maximum absolute atomic E-state index is 5.93. The van der Waals surface area contributed by atoms with E-state index < -0.39 is 0 Å². The van der Waals surface area contributed by atoms with Crippen LogP contribution in [0.3, 0.4) is 0 Å². The minimum absolute atomic E-state index is 0.191. The van der Waals surface area contributed by atoms with Gasteiger partial charge in [0.1, 0.15) is 5.52 Å². The van der Waals surface area contributed by atoms with Crippen LogP contribution in [-0.4, -0.2) is 59.0 Å². The molecule has 0 radical (unpaired) electrons. The first kappa shape index (κ1) is 14.7. The lowest BCUT2D eigenvalue weighted by Gasteiger charge is -2.35. The second kappa shape index (κ2) is 5.98. The van der Waals surface area contributed by atoms with Crippen LogP contribution in [0.4, 0.5) is 5.95 Å². The van der Waals surface area contributed by atoms with Crippen molar-refractivity contribution in [3.8, 4) is 0 Å². The first-order valence-electron chi connectivity index (χ1n) is 8.13. The summed E-state index contributed by atoms with van der Waals surface area (Å²) in [4.78, 5) is 20.3. The van der Waals surface area contributed by atoms with Crippen LogP contribution >= 0.6 is 0 Å². The monoisotopic (exact) mass is 315 g/mol. The van der Waals surface area contributed by atoms with Crippen LogP contribution < -0.4 is 4.90 Å². The average Bonchev–Trinajstić information content (AvgIpc) is 3.10. The molecule has 7 nitrogen and oxygen atoms in total. The first-order chi connectivity index (χ1) is 11.2. The molecule has 2 aliphatic heterocycles. The molecule has 122 valence electrons. The molecule has 2 aromatic rings. The van der Waals surface area contributed by atoms with Gasteiger partial charge < -0.3 is 14.4 Å². The van der Waals surface area contributed by atoms with E-state index in [0.717, 1.165) is 49.6 Å². The van der Waals surface area contributed by atoms with Gasteiger partial charge in [0.2, 0.25) is 5.95 Å². The van der Waals surface area contributed by atoms with E-state index in [2.05, 4.69) is 24.8 Å². The number of hydrogen-bond acceptors (Lipinski definition) is 7. The van der Waals surface area contributed by atoms with Crippen LogP contribution in [0.5, 0.6) is 0 Å². The molecule has 0 unspecified atom stereocenters. The van der Waals surface area contributed by atoms with Gasteiger partial charge in [-0.15, -0.1) is 0 Å². The molecule has 4 rings (SSSR count). The number of rotatable bonds is 2. The van der Waals surface area contributed by atoms with Crippen molar-refractivity contribution >= 4 is 17.1 Å². The molecule has 0 aliphatic carbocycles. The molecule has 4 heterocycles. The topological polar surface area (TPSA) is 73.3 Å². The van der Waals surface area contributed by atoms with Crippen molar-refractivity contribution in [3.63, 3.8) is 0 Å². The average molecular weight is 315 g/mol. The van der Waals surface area contributed by atoms with Crippen LogP contribution in [0.2, 0.25) is 0 Å². The zero-order valence-electron chi connectivity index (χ0n) is 13.5. The summed E-state index contributed by atoms with van der Waals surface area (Å²) >= 11 is 0. The molecule has 2 saturated heterocycles. The highest BCUT2D eigenvalue weighted by atomic mass is 16.5. The summed E-state index contributed by atoms with van der Waals surface area (Å²) in [7, 11) is 0. The summed E-state index contributed by atoms with van der Waals surface area (Å²) < 4.78 is 11.4. The molecule has 7 heteroatoms. The number of morpholine rings is 1. The Morgan fingerprint density at radius 1 is 1.13 bits per heavy atom. The molecule has 2 fully saturated rings. The van der Waals surface area contributed by atoms with Crippen LogP contribution in [-0.2, 0) is 9.47 Å². The van der Waals surface area contributed by atoms with E-state index in [-0.39, 0.29) is 6.10 Å². The molecule has 0 spiro atoms. The summed E-state index contributed by atoms with van der Waals surface area (Å²) in [5.41, 5.74) is 3.22. The lowest BCUT2D eigenvalue weighted by molar-refractivity contribution is -0.00167. The van der Waals surface area contributed by atoms with Gasteiger partial charge in [-0.25, -0.2) is 15.0 Å². The maximum Gasteiger partial charge on any atom is 0.227 e. The minimum atomic E-state index is 0.191. The van der Waals surface area contributed by atoms with Crippen molar-refractivity contribution in [1.82, 2.24) is 19.9 Å². The minimum Gasteiger partial charge on any atom is -0.381 e. The van der Waals surface area contributed by atoms with Gasteiger partial charge in [0, 0.05) is 25.6 Å². The fourth-order valence-electron chi connectivity index (χ4n) is 3.16. The zero-order chi connectivity index (χ0) is 15.8. The number of aromatic nitrogens is 4. The highest BCUT2D eigenvalue weighted by molar-refractivity contribution is 5.70. The van der Waals surface area contributed by atoms with Crippen molar-refractivity contribution < 1.29 is 9.47 Å². The molecule has 23 heavy (non-hydrogen) atoms. The van der Waals surface area contributed by atoms with Crippen LogP contribution in [0.1, 0.15) is 17.8 Å². The number of ether oxygens (including phenoxy) is 2. The highest BCUT2D eigenvalue weighted by Gasteiger charge is 2.31. The normalized spacial score (nSPS) is 25.2. The first-order valence-corrected chi connectivity index (χ1v) is 8.13. The molecular weight excluding hydrogens is 294 g/mol. The fourth-order valence-corrected chi connectivity index (χ4v) is 3.16. The van der Waals surface area contributed by atoms with Gasteiger partial charge >= 0.3 is 0 Å². The maximum atomic E-state index is 5.93. The zero-order valence-corrected chi connectivity index (χ0v) is 13.5. The Morgan fingerprint density at radius 3 is 2.83 bits per heavy atom. The molecule has 0 amide bonds. The quantitative estimate of drug-likeness (QED) is 0.826. The highest BCUT2D eigenvalue weighted by Crippen LogP contribution is 2.24. The third-order valence-corrected chi connectivity index (χ3v) is 4.69. The third-order valence-electron chi connectivity index (χ3n) is 4.69. The van der Waals surface area contributed by atoms with Crippen LogP contribution in [0.25, 0.3) is 11.2 Å². The molecule has 2 aliphatic rings. The summed E-state index contributed by atoms with van der Waals surface area (Å²) in [6, 6.07) is 0. The second-order valence-corrected chi connectivity index (χ2v) is 6.25. The van der Waals surface area contributed by atoms with Gasteiger partial charge in [-0.2, -0.15) is 4.98 Å². The Hall–Kier alpha value is -1.86. The number of nitrogens with zero attached hydrogens (tertiary/aromatic N) is 5. The lowest BCUT2D eigenvalue weighted by Crippen LogP contribution is -2.46. The summed E-state index contributed by atoms with van der Waals surface area (Å²) in [6.07, 6.45) is 3.03. The SMILES string of the molecule is Cc1nc2cnc(N3CCO[C@H]([C@H]4CCOC4)C3)nc2nc1C. The standard InChI is InChI=1S/C16H21N5O2/c1-10-11(2)19-15-13(18-10)7-17-16(20-15)21-4-6-23-14(8-21)12-3-5-22-9-12/h7,12,14H,3-6,8-9H2,1-2H3/t12-,14-/m0/s1. The Labute approximate surface area is 135 Å². The fraction of sp³-hybridized carbons (Fsp3) is 0.625. The molecule has 0 bridgehead atoms. The number of anilines is 1. The van der Waals surface area contributed by atoms with Gasteiger partial charge in [-0.05, 0) is 20.3 Å². The smallest absolute Gasteiger partial charge is 0.227 e.